The Labute approximate surface area is 188 Å². The molecule has 0 N–H and O–H groups in total. The molecule has 0 bridgehead atoms. The Morgan fingerprint density at radius 2 is 1.45 bits per heavy atom. The monoisotopic (exact) mass is 528 g/mol. The summed E-state index contributed by atoms with van der Waals surface area (Å²) < 4.78 is 32.6. The van der Waals surface area contributed by atoms with E-state index in [-0.39, 0.29) is 9.53 Å². The molecule has 2 aromatic rings. The molecular weight excluding hydrogens is 498 g/mol. The lowest BCUT2D eigenvalue weighted by molar-refractivity contribution is -0.0270. The molecule has 0 saturated carbocycles. The maximum atomic E-state index is 14.1. The van der Waals surface area contributed by atoms with Crippen LogP contribution < -0.4 is 0 Å². The van der Waals surface area contributed by atoms with E-state index in [1.165, 1.54) is 0 Å². The van der Waals surface area contributed by atoms with Gasteiger partial charge in [0, 0.05) is 3.42 Å². The molecule has 2 atom stereocenters. The molecule has 1 aliphatic heterocycles. The predicted octanol–water partition coefficient (Wildman–Crippen LogP) is 6.57. The molecule has 1 saturated heterocycles. The zero-order valence-electron chi connectivity index (χ0n) is 17.5. The number of benzene rings is 2. The molecule has 1 aliphatic rings. The highest BCUT2D eigenvalue weighted by atomic mass is 127. The van der Waals surface area contributed by atoms with Gasteiger partial charge in [-0.3, -0.25) is 4.57 Å². The largest absolute Gasteiger partial charge is 0.360 e. The van der Waals surface area contributed by atoms with Crippen LogP contribution in [0.15, 0.2) is 60.7 Å². The van der Waals surface area contributed by atoms with Gasteiger partial charge in [-0.15, -0.1) is 0 Å². The Hall–Kier alpha value is -0.720. The second-order valence-corrected chi connectivity index (χ2v) is 12.8. The SMILES string of the molecule is CCOP(=O)(OCC)C1CC(C(C)(C)I)OC1(c1ccccc1)c1ccccc1. The topological polar surface area (TPSA) is 44.8 Å². The average molecular weight is 528 g/mol. The van der Waals surface area contributed by atoms with E-state index in [4.69, 9.17) is 13.8 Å². The van der Waals surface area contributed by atoms with Crippen LogP contribution in [0.2, 0.25) is 0 Å². The standard InChI is InChI=1S/C23H30IO4P/c1-5-26-29(25,27-6-2)21-17-20(22(3,4)24)28-23(21,18-13-9-7-10-14-18)19-15-11-8-12-16-19/h7-16,20-21H,5-6,17H2,1-4H3. The molecule has 0 amide bonds. The minimum atomic E-state index is -3.45. The summed E-state index contributed by atoms with van der Waals surface area (Å²) >= 11 is 2.42. The van der Waals surface area contributed by atoms with Crippen LogP contribution in [0.3, 0.4) is 0 Å². The maximum Gasteiger partial charge on any atom is 0.337 e. The van der Waals surface area contributed by atoms with E-state index in [1.54, 1.807) is 0 Å². The molecule has 2 aromatic carbocycles. The molecule has 29 heavy (non-hydrogen) atoms. The Morgan fingerprint density at radius 1 is 1.00 bits per heavy atom. The van der Waals surface area contributed by atoms with Gasteiger partial charge in [0.1, 0.15) is 11.3 Å². The lowest BCUT2D eigenvalue weighted by Gasteiger charge is -2.39. The number of hydrogen-bond donors (Lipinski definition) is 0. The maximum absolute atomic E-state index is 14.1. The number of halogens is 1. The van der Waals surface area contributed by atoms with E-state index < -0.39 is 18.9 Å². The molecular formula is C23H30IO4P. The second-order valence-electron chi connectivity index (χ2n) is 7.77. The zero-order valence-corrected chi connectivity index (χ0v) is 20.6. The molecule has 0 radical (unpaired) electrons. The summed E-state index contributed by atoms with van der Waals surface area (Å²) in [5.74, 6) is 0. The molecule has 2 unspecified atom stereocenters. The Kier molecular flexibility index (Phi) is 7.27. The Balaban J connectivity index is 2.28. The summed E-state index contributed by atoms with van der Waals surface area (Å²) in [5.41, 5.74) is 0.590. The second kappa shape index (κ2) is 9.19. The Morgan fingerprint density at radius 3 is 1.83 bits per heavy atom. The summed E-state index contributed by atoms with van der Waals surface area (Å²) in [5, 5.41) is 0. The highest BCUT2D eigenvalue weighted by Crippen LogP contribution is 2.66. The smallest absolute Gasteiger partial charge is 0.337 e. The first-order valence-corrected chi connectivity index (χ1v) is 12.8. The lowest BCUT2D eigenvalue weighted by Crippen LogP contribution is -2.39. The van der Waals surface area contributed by atoms with E-state index in [0.717, 1.165) is 11.1 Å². The third-order valence-corrected chi connectivity index (χ3v) is 8.67. The highest BCUT2D eigenvalue weighted by molar-refractivity contribution is 14.1. The van der Waals surface area contributed by atoms with Gasteiger partial charge in [0.2, 0.25) is 0 Å². The fourth-order valence-corrected chi connectivity index (χ4v) is 6.92. The van der Waals surface area contributed by atoms with E-state index in [9.17, 15) is 4.57 Å². The van der Waals surface area contributed by atoms with Crippen molar-refractivity contribution in [1.82, 2.24) is 0 Å². The normalized spacial score (nSPS) is 22.0. The van der Waals surface area contributed by atoms with Crippen molar-refractivity contribution in [1.29, 1.82) is 0 Å². The van der Waals surface area contributed by atoms with Crippen molar-refractivity contribution >= 4 is 30.2 Å². The van der Waals surface area contributed by atoms with Gasteiger partial charge in [-0.1, -0.05) is 83.3 Å². The third kappa shape index (κ3) is 4.49. The van der Waals surface area contributed by atoms with Crippen LogP contribution in [-0.2, 0) is 24.0 Å². The van der Waals surface area contributed by atoms with Gasteiger partial charge in [-0.2, -0.15) is 0 Å². The van der Waals surface area contributed by atoms with Gasteiger partial charge < -0.3 is 13.8 Å². The van der Waals surface area contributed by atoms with Crippen LogP contribution in [0.5, 0.6) is 0 Å². The molecule has 6 heteroatoms. The highest BCUT2D eigenvalue weighted by Gasteiger charge is 2.61. The van der Waals surface area contributed by atoms with Gasteiger partial charge in [0.05, 0.1) is 19.3 Å². The number of rotatable bonds is 8. The van der Waals surface area contributed by atoms with Crippen LogP contribution in [0.25, 0.3) is 0 Å². The molecule has 4 nitrogen and oxygen atoms in total. The van der Waals surface area contributed by atoms with Crippen molar-refractivity contribution in [2.24, 2.45) is 0 Å². The van der Waals surface area contributed by atoms with Crippen LogP contribution in [0.1, 0.15) is 45.2 Å². The fourth-order valence-electron chi connectivity index (χ4n) is 4.13. The average Bonchev–Trinajstić information content (AvgIpc) is 3.13. The van der Waals surface area contributed by atoms with Gasteiger partial charge >= 0.3 is 7.60 Å². The van der Waals surface area contributed by atoms with Crippen LogP contribution in [0, 0.1) is 0 Å². The van der Waals surface area contributed by atoms with E-state index in [1.807, 2.05) is 74.5 Å². The lowest BCUT2D eigenvalue weighted by atomic mass is 9.83. The van der Waals surface area contributed by atoms with Gasteiger partial charge in [0.25, 0.3) is 0 Å². The van der Waals surface area contributed by atoms with Crippen molar-refractivity contribution in [2.75, 3.05) is 13.2 Å². The third-order valence-electron chi connectivity index (χ3n) is 5.41. The van der Waals surface area contributed by atoms with Gasteiger partial charge in [-0.05, 0) is 45.2 Å². The summed E-state index contributed by atoms with van der Waals surface area (Å²) in [6.45, 7) is 8.65. The first-order valence-electron chi connectivity index (χ1n) is 10.1. The first-order chi connectivity index (χ1) is 13.8. The summed E-state index contributed by atoms with van der Waals surface area (Å²) in [6, 6.07) is 20.1. The van der Waals surface area contributed by atoms with Crippen molar-refractivity contribution in [3.05, 3.63) is 71.8 Å². The number of hydrogen-bond acceptors (Lipinski definition) is 4. The van der Waals surface area contributed by atoms with Crippen LogP contribution >= 0.6 is 30.2 Å². The number of ether oxygens (including phenoxy) is 1. The minimum absolute atomic E-state index is 0.109. The van der Waals surface area contributed by atoms with Crippen LogP contribution in [-0.4, -0.2) is 28.4 Å². The quantitative estimate of drug-likeness (QED) is 0.221. The van der Waals surface area contributed by atoms with Crippen molar-refractivity contribution in [3.8, 4) is 0 Å². The number of alkyl halides is 1. The minimum Gasteiger partial charge on any atom is -0.360 e. The predicted molar refractivity (Wildman–Crippen MR) is 126 cm³/mol. The zero-order chi connectivity index (χ0) is 21.1. The molecule has 1 fully saturated rings. The molecule has 1 heterocycles. The van der Waals surface area contributed by atoms with Crippen LogP contribution in [0.4, 0.5) is 0 Å². The Bertz CT molecular complexity index is 785. The molecule has 0 spiro atoms. The molecule has 158 valence electrons. The summed E-state index contributed by atoms with van der Waals surface area (Å²) in [6.07, 6.45) is 0.486. The molecule has 0 aliphatic carbocycles. The summed E-state index contributed by atoms with van der Waals surface area (Å²) in [4.78, 5) is 0. The van der Waals surface area contributed by atoms with E-state index in [2.05, 4.69) is 36.4 Å². The fraction of sp³-hybridized carbons (Fsp3) is 0.478. The van der Waals surface area contributed by atoms with Gasteiger partial charge in [-0.25, -0.2) is 0 Å². The molecule has 3 rings (SSSR count). The van der Waals surface area contributed by atoms with Gasteiger partial charge in [0.15, 0.2) is 0 Å². The molecule has 0 aromatic heterocycles. The van der Waals surface area contributed by atoms with E-state index in [0.29, 0.717) is 19.6 Å². The summed E-state index contributed by atoms with van der Waals surface area (Å²) in [7, 11) is -3.45. The van der Waals surface area contributed by atoms with Crippen molar-refractivity contribution in [3.63, 3.8) is 0 Å². The van der Waals surface area contributed by atoms with Crippen molar-refractivity contribution in [2.45, 2.75) is 54.9 Å². The van der Waals surface area contributed by atoms with Crippen molar-refractivity contribution < 1.29 is 18.3 Å². The first kappa shape index (κ1) is 23.0. The van der Waals surface area contributed by atoms with E-state index >= 15 is 0 Å².